The first-order valence-corrected chi connectivity index (χ1v) is 13.4. The summed E-state index contributed by atoms with van der Waals surface area (Å²) >= 11 is 0. The van der Waals surface area contributed by atoms with E-state index in [9.17, 15) is 27.6 Å². The van der Waals surface area contributed by atoms with Crippen LogP contribution in [0.25, 0.3) is 0 Å². The first-order valence-electron chi connectivity index (χ1n) is 13.4. The van der Waals surface area contributed by atoms with Crippen LogP contribution in [-0.4, -0.2) is 16.8 Å². The van der Waals surface area contributed by atoms with E-state index in [4.69, 9.17) is 0 Å². The molecule has 2 aromatic rings. The predicted octanol–water partition coefficient (Wildman–Crippen LogP) is 6.66. The summed E-state index contributed by atoms with van der Waals surface area (Å²) in [5.74, 6) is -1.19. The summed E-state index contributed by atoms with van der Waals surface area (Å²) in [4.78, 5) is 38.1. The molecule has 0 bridgehead atoms. The maximum absolute atomic E-state index is 13.9. The Morgan fingerprint density at radius 2 is 1.73 bits per heavy atom. The van der Waals surface area contributed by atoms with Crippen LogP contribution in [0.1, 0.15) is 103 Å². The first-order chi connectivity index (χ1) is 17.7. The van der Waals surface area contributed by atoms with Crippen LogP contribution in [0.15, 0.2) is 29.1 Å². The summed E-state index contributed by atoms with van der Waals surface area (Å²) in [7, 11) is 0. The van der Waals surface area contributed by atoms with Crippen molar-refractivity contribution >= 4 is 17.9 Å². The third kappa shape index (κ3) is 6.33. The van der Waals surface area contributed by atoms with Crippen molar-refractivity contribution in [1.29, 1.82) is 0 Å². The number of aldehydes is 1. The fraction of sp³-hybridized carbons (Fsp3) is 0.552. The maximum Gasteiger partial charge on any atom is 0.418 e. The molecular weight excluding hydrogens is 481 g/mol. The molecule has 1 unspecified atom stereocenters. The topological polar surface area (TPSA) is 68.2 Å². The largest absolute Gasteiger partial charge is 0.418 e. The van der Waals surface area contributed by atoms with Crippen molar-refractivity contribution in [2.24, 2.45) is 5.92 Å². The number of hydrogen-bond acceptors (Lipinski definition) is 3. The van der Waals surface area contributed by atoms with Crippen LogP contribution in [0, 0.1) is 5.92 Å². The summed E-state index contributed by atoms with van der Waals surface area (Å²) < 4.78 is 43.3. The van der Waals surface area contributed by atoms with E-state index in [-0.39, 0.29) is 11.1 Å². The fourth-order valence-corrected chi connectivity index (χ4v) is 5.67. The summed E-state index contributed by atoms with van der Waals surface area (Å²) in [5, 5.41) is 2.36. The number of carbonyl (C=O) groups is 2. The Hall–Kier alpha value is -2.90. The Morgan fingerprint density at radius 3 is 2.41 bits per heavy atom. The van der Waals surface area contributed by atoms with E-state index >= 15 is 0 Å². The van der Waals surface area contributed by atoms with Crippen LogP contribution in [0.2, 0.25) is 0 Å². The molecule has 1 amide bonds. The minimum atomic E-state index is -4.74. The number of nitrogens with one attached hydrogen (secondary N) is 1. The number of anilines is 1. The van der Waals surface area contributed by atoms with Gasteiger partial charge in [-0.25, -0.2) is 0 Å². The lowest BCUT2D eigenvalue weighted by Gasteiger charge is -2.26. The van der Waals surface area contributed by atoms with E-state index in [0.717, 1.165) is 87.6 Å². The molecule has 2 aliphatic rings. The van der Waals surface area contributed by atoms with Gasteiger partial charge in [-0.15, -0.1) is 0 Å². The quantitative estimate of drug-likeness (QED) is 0.437. The standard InChI is InChI=1S/C29H35F3N2O3/c1-19(18-35)21-13-14-25(24(16-21)29(30,31)32)33-27(36)23-15-22-11-7-2-3-8-12-26(22)34(28(23)37)17-20-9-5-4-6-10-20/h13-16,18-20H,2-12,17H2,1H3,(H,33,36). The molecule has 1 heterocycles. The number of nitrogens with zero attached hydrogens (tertiary/aromatic N) is 1. The van der Waals surface area contributed by atoms with E-state index in [1.54, 1.807) is 10.6 Å². The van der Waals surface area contributed by atoms with E-state index in [1.807, 2.05) is 0 Å². The van der Waals surface area contributed by atoms with Gasteiger partial charge in [0.15, 0.2) is 0 Å². The highest BCUT2D eigenvalue weighted by atomic mass is 19.4. The van der Waals surface area contributed by atoms with Crippen LogP contribution in [-0.2, 0) is 30.4 Å². The van der Waals surface area contributed by atoms with Gasteiger partial charge in [-0.2, -0.15) is 13.2 Å². The van der Waals surface area contributed by atoms with Crippen LogP contribution in [0.5, 0.6) is 0 Å². The van der Waals surface area contributed by atoms with E-state index in [2.05, 4.69) is 5.32 Å². The number of fused-ring (bicyclic) bond motifs is 1. The number of aromatic nitrogens is 1. The van der Waals surface area contributed by atoms with Crippen molar-refractivity contribution in [3.05, 3.63) is 62.6 Å². The normalized spacial score (nSPS) is 17.8. The molecule has 1 N–H and O–H groups in total. The average Bonchev–Trinajstić information content (AvgIpc) is 2.86. The van der Waals surface area contributed by atoms with Crippen molar-refractivity contribution in [3.63, 3.8) is 0 Å². The Bertz CT molecular complexity index is 1200. The SMILES string of the molecule is CC(C=O)c1ccc(NC(=O)c2cc3c(n(CC4CCCCC4)c2=O)CCCCCC3)c(C(F)(F)F)c1. The van der Waals surface area contributed by atoms with Crippen LogP contribution < -0.4 is 10.9 Å². The molecule has 37 heavy (non-hydrogen) atoms. The number of benzene rings is 1. The van der Waals surface area contributed by atoms with Gasteiger partial charge < -0.3 is 14.7 Å². The second-order valence-electron chi connectivity index (χ2n) is 10.5. The third-order valence-electron chi connectivity index (χ3n) is 7.84. The molecule has 200 valence electrons. The zero-order valence-electron chi connectivity index (χ0n) is 21.3. The van der Waals surface area contributed by atoms with E-state index in [0.29, 0.717) is 18.7 Å². The van der Waals surface area contributed by atoms with Crippen LogP contribution in [0.3, 0.4) is 0 Å². The minimum absolute atomic E-state index is 0.117. The first kappa shape index (κ1) is 27.1. The molecule has 0 radical (unpaired) electrons. The smallest absolute Gasteiger partial charge is 0.321 e. The van der Waals surface area contributed by atoms with E-state index < -0.39 is 34.8 Å². The number of carbonyl (C=O) groups excluding carboxylic acids is 2. The Kier molecular flexibility index (Phi) is 8.55. The molecule has 0 aliphatic heterocycles. The molecule has 1 saturated carbocycles. The molecule has 1 fully saturated rings. The van der Waals surface area contributed by atoms with Gasteiger partial charge in [0.05, 0.1) is 11.3 Å². The van der Waals surface area contributed by atoms with E-state index in [1.165, 1.54) is 19.4 Å². The zero-order chi connectivity index (χ0) is 26.6. The zero-order valence-corrected chi connectivity index (χ0v) is 21.3. The molecule has 0 saturated heterocycles. The third-order valence-corrected chi connectivity index (χ3v) is 7.84. The van der Waals surface area contributed by atoms with Crippen molar-refractivity contribution in [2.75, 3.05) is 5.32 Å². The summed E-state index contributed by atoms with van der Waals surface area (Å²) in [5.41, 5.74) is 0.124. The molecule has 4 rings (SSSR count). The second-order valence-corrected chi connectivity index (χ2v) is 10.5. The number of alkyl halides is 3. The van der Waals surface area contributed by atoms with Crippen molar-refractivity contribution in [3.8, 4) is 0 Å². The molecule has 8 heteroatoms. The molecule has 0 spiro atoms. The molecule has 1 aromatic carbocycles. The average molecular weight is 517 g/mol. The second kappa shape index (κ2) is 11.7. The number of pyridine rings is 1. The number of rotatable bonds is 6. The van der Waals surface area contributed by atoms with Crippen LogP contribution >= 0.6 is 0 Å². The number of amides is 1. The Balaban J connectivity index is 1.73. The van der Waals surface area contributed by atoms with Gasteiger partial charge in [0.1, 0.15) is 11.8 Å². The highest BCUT2D eigenvalue weighted by Crippen LogP contribution is 2.37. The van der Waals surface area contributed by atoms with Gasteiger partial charge >= 0.3 is 6.18 Å². The number of aryl methyl sites for hydroxylation is 1. The number of halogens is 3. The lowest BCUT2D eigenvalue weighted by atomic mass is 9.88. The Labute approximate surface area is 215 Å². The fourth-order valence-electron chi connectivity index (χ4n) is 5.67. The van der Waals surface area contributed by atoms with Crippen molar-refractivity contribution < 1.29 is 22.8 Å². The van der Waals surface area contributed by atoms with Gasteiger partial charge in [0, 0.05) is 18.2 Å². The van der Waals surface area contributed by atoms with Gasteiger partial charge in [-0.05, 0) is 73.8 Å². The van der Waals surface area contributed by atoms with Crippen LogP contribution in [0.4, 0.5) is 18.9 Å². The number of hydrogen-bond donors (Lipinski definition) is 1. The van der Waals surface area contributed by atoms with Crippen molar-refractivity contribution in [2.45, 2.75) is 96.2 Å². The lowest BCUT2D eigenvalue weighted by Crippen LogP contribution is -2.35. The lowest BCUT2D eigenvalue weighted by molar-refractivity contribution is -0.137. The van der Waals surface area contributed by atoms with Gasteiger partial charge in [-0.3, -0.25) is 9.59 Å². The summed E-state index contributed by atoms with van der Waals surface area (Å²) in [6, 6.07) is 5.04. The van der Waals surface area contributed by atoms with Crippen molar-refractivity contribution in [1.82, 2.24) is 4.57 Å². The molecule has 5 nitrogen and oxygen atoms in total. The molecule has 2 aliphatic carbocycles. The Morgan fingerprint density at radius 1 is 1.05 bits per heavy atom. The maximum atomic E-state index is 13.9. The molecule has 1 aromatic heterocycles. The predicted molar refractivity (Wildman–Crippen MR) is 137 cm³/mol. The van der Waals surface area contributed by atoms with Gasteiger partial charge in [-0.1, -0.05) is 45.1 Å². The summed E-state index contributed by atoms with van der Waals surface area (Å²) in [6.45, 7) is 2.06. The monoisotopic (exact) mass is 516 g/mol. The van der Waals surface area contributed by atoms with Gasteiger partial charge in [0.2, 0.25) is 0 Å². The molecular formula is C29H35F3N2O3. The highest BCUT2D eigenvalue weighted by Gasteiger charge is 2.35. The molecule has 1 atom stereocenters. The van der Waals surface area contributed by atoms with Gasteiger partial charge in [0.25, 0.3) is 11.5 Å². The minimum Gasteiger partial charge on any atom is -0.321 e. The highest BCUT2D eigenvalue weighted by molar-refractivity contribution is 6.04. The summed E-state index contributed by atoms with van der Waals surface area (Å²) in [6.07, 6.45) is 6.96.